The van der Waals surface area contributed by atoms with E-state index in [2.05, 4.69) is 0 Å². The highest BCUT2D eigenvalue weighted by Gasteiger charge is 2.18. The Kier molecular flexibility index (Phi) is 6.04. The van der Waals surface area contributed by atoms with Gasteiger partial charge < -0.3 is 15.9 Å². The maximum absolute atomic E-state index is 11.6. The summed E-state index contributed by atoms with van der Waals surface area (Å²) in [7, 11) is 0. The van der Waals surface area contributed by atoms with Crippen LogP contribution in [0.5, 0.6) is 0 Å². The van der Waals surface area contributed by atoms with Gasteiger partial charge in [0.25, 0.3) is 0 Å². The molecule has 0 radical (unpaired) electrons. The number of rotatable bonds is 8. The zero-order valence-electron chi connectivity index (χ0n) is 10.2. The summed E-state index contributed by atoms with van der Waals surface area (Å²) in [5.41, 5.74) is 11.0. The van der Waals surface area contributed by atoms with Gasteiger partial charge in [-0.25, -0.2) is 0 Å². The van der Waals surface area contributed by atoms with E-state index in [4.69, 9.17) is 15.9 Å². The second kappa shape index (κ2) is 7.58. The molecule has 0 fully saturated rings. The molecule has 98 valence electrons. The normalized spacial score (nSPS) is 12.8. The highest BCUT2D eigenvalue weighted by Crippen LogP contribution is 2.04. The fourth-order valence-corrected chi connectivity index (χ4v) is 1.45. The van der Waals surface area contributed by atoms with Crippen LogP contribution in [0.1, 0.15) is 25.0 Å². The Morgan fingerprint density at radius 1 is 1.39 bits per heavy atom. The van der Waals surface area contributed by atoms with Crippen LogP contribution in [0, 0.1) is 0 Å². The third kappa shape index (κ3) is 4.65. The summed E-state index contributed by atoms with van der Waals surface area (Å²) >= 11 is 0. The average molecular weight is 250 g/mol. The number of furan rings is 1. The Bertz CT molecular complexity index is 410. The molecule has 4 N–H and O–H groups in total. The van der Waals surface area contributed by atoms with Crippen molar-refractivity contribution in [1.29, 1.82) is 0 Å². The first kappa shape index (κ1) is 14.3. The van der Waals surface area contributed by atoms with Crippen LogP contribution in [0.15, 0.2) is 28.9 Å². The minimum absolute atomic E-state index is 0.483. The first-order valence-electron chi connectivity index (χ1n) is 5.90. The number of allylic oxidation sites excluding steroid dienone is 1. The molecule has 0 saturated carbocycles. The summed E-state index contributed by atoms with van der Waals surface area (Å²) in [6.07, 6.45) is 6.16. The Hall–Kier alpha value is -1.72. The van der Waals surface area contributed by atoms with Crippen molar-refractivity contribution >= 4 is 17.6 Å². The molecular weight excluding hydrogens is 232 g/mol. The molecule has 18 heavy (non-hydrogen) atoms. The zero-order chi connectivity index (χ0) is 13.4. The third-order valence-electron chi connectivity index (χ3n) is 2.49. The highest BCUT2D eigenvalue weighted by molar-refractivity contribution is 6.43. The monoisotopic (exact) mass is 250 g/mol. The van der Waals surface area contributed by atoms with E-state index < -0.39 is 17.6 Å². The number of Topliss-reactive ketones (excluding diaryl/α,β-unsaturated/α-hetero) is 1. The van der Waals surface area contributed by atoms with Gasteiger partial charge in [-0.15, -0.1) is 0 Å². The van der Waals surface area contributed by atoms with E-state index in [1.54, 1.807) is 12.1 Å². The number of nitrogens with two attached hydrogens (primary N) is 2. The van der Waals surface area contributed by atoms with Crippen molar-refractivity contribution in [2.24, 2.45) is 11.5 Å². The Labute approximate surface area is 106 Å². The molecule has 0 spiro atoms. The molecule has 1 rings (SSSR count). The second-order valence-electron chi connectivity index (χ2n) is 3.97. The number of hydrogen-bond acceptors (Lipinski definition) is 5. The maximum Gasteiger partial charge on any atom is 0.223 e. The van der Waals surface area contributed by atoms with Gasteiger partial charge in [0.2, 0.25) is 11.6 Å². The zero-order valence-corrected chi connectivity index (χ0v) is 10.2. The van der Waals surface area contributed by atoms with Gasteiger partial charge >= 0.3 is 0 Å². The first-order chi connectivity index (χ1) is 8.65. The standard InChI is InChI=1S/C13H18N2O3/c14-8-2-1-5-11(15)13(17)12(16)7-6-10-4-3-9-18-10/h3-4,6-7,9,11H,1-2,5,8,14-15H2/t11-/m0/s1. The Morgan fingerprint density at radius 2 is 2.17 bits per heavy atom. The molecule has 0 aliphatic carbocycles. The highest BCUT2D eigenvalue weighted by atomic mass is 16.3. The van der Waals surface area contributed by atoms with E-state index >= 15 is 0 Å². The van der Waals surface area contributed by atoms with Crippen LogP contribution in [0.3, 0.4) is 0 Å². The van der Waals surface area contributed by atoms with Crippen molar-refractivity contribution in [1.82, 2.24) is 0 Å². The van der Waals surface area contributed by atoms with Crippen molar-refractivity contribution in [3.05, 3.63) is 30.2 Å². The van der Waals surface area contributed by atoms with E-state index in [1.165, 1.54) is 18.4 Å². The molecule has 0 aromatic carbocycles. The summed E-state index contributed by atoms with van der Waals surface area (Å²) in [6, 6.07) is 2.64. The SMILES string of the molecule is NCCCC[C@H](N)C(=O)C(=O)C=Cc1ccco1. The molecule has 1 aromatic heterocycles. The molecule has 1 aromatic rings. The van der Waals surface area contributed by atoms with Crippen molar-refractivity contribution in [3.63, 3.8) is 0 Å². The van der Waals surface area contributed by atoms with Crippen molar-refractivity contribution in [3.8, 4) is 0 Å². The second-order valence-corrected chi connectivity index (χ2v) is 3.97. The summed E-state index contributed by atoms with van der Waals surface area (Å²) in [5.74, 6) is -0.658. The molecule has 0 aliphatic heterocycles. The van der Waals surface area contributed by atoms with Gasteiger partial charge in [-0.2, -0.15) is 0 Å². The van der Waals surface area contributed by atoms with E-state index in [0.717, 1.165) is 12.8 Å². The third-order valence-corrected chi connectivity index (χ3v) is 2.49. The van der Waals surface area contributed by atoms with Gasteiger partial charge in [-0.3, -0.25) is 9.59 Å². The van der Waals surface area contributed by atoms with E-state index in [9.17, 15) is 9.59 Å². The maximum atomic E-state index is 11.6. The van der Waals surface area contributed by atoms with E-state index in [-0.39, 0.29) is 0 Å². The Morgan fingerprint density at radius 3 is 2.78 bits per heavy atom. The minimum atomic E-state index is -0.745. The van der Waals surface area contributed by atoms with Crippen LogP contribution in [-0.4, -0.2) is 24.2 Å². The fraction of sp³-hybridized carbons (Fsp3) is 0.385. The lowest BCUT2D eigenvalue weighted by Crippen LogP contribution is -2.35. The van der Waals surface area contributed by atoms with E-state index in [0.29, 0.717) is 18.7 Å². The lowest BCUT2D eigenvalue weighted by molar-refractivity contribution is -0.134. The van der Waals surface area contributed by atoms with Crippen molar-refractivity contribution < 1.29 is 14.0 Å². The van der Waals surface area contributed by atoms with Crippen LogP contribution in [0.25, 0.3) is 6.08 Å². The molecule has 5 heteroatoms. The topological polar surface area (TPSA) is 99.3 Å². The average Bonchev–Trinajstić information content (AvgIpc) is 2.88. The predicted octanol–water partition coefficient (Wildman–Crippen LogP) is 0.887. The molecule has 0 bridgehead atoms. The number of ketones is 2. The molecule has 0 saturated heterocycles. The van der Waals surface area contributed by atoms with Gasteiger partial charge in [-0.1, -0.05) is 6.42 Å². The number of carbonyl (C=O) groups is 2. The van der Waals surface area contributed by atoms with Crippen LogP contribution < -0.4 is 11.5 Å². The predicted molar refractivity (Wildman–Crippen MR) is 68.6 cm³/mol. The Balaban J connectivity index is 2.43. The summed E-state index contributed by atoms with van der Waals surface area (Å²) < 4.78 is 5.01. The quantitative estimate of drug-likeness (QED) is 0.405. The number of carbonyl (C=O) groups excluding carboxylic acids is 2. The van der Waals surface area contributed by atoms with Gasteiger partial charge in [0, 0.05) is 0 Å². The lowest BCUT2D eigenvalue weighted by atomic mass is 10.0. The first-order valence-corrected chi connectivity index (χ1v) is 5.90. The van der Waals surface area contributed by atoms with Crippen LogP contribution in [0.2, 0.25) is 0 Å². The van der Waals surface area contributed by atoms with Gasteiger partial charge in [0.1, 0.15) is 5.76 Å². The van der Waals surface area contributed by atoms with Gasteiger partial charge in [0.05, 0.1) is 12.3 Å². The number of hydrogen-bond donors (Lipinski definition) is 2. The summed E-state index contributed by atoms with van der Waals surface area (Å²) in [4.78, 5) is 23.1. The molecule has 0 aliphatic rings. The van der Waals surface area contributed by atoms with E-state index in [1.807, 2.05) is 0 Å². The molecule has 1 heterocycles. The molecule has 1 atom stereocenters. The smallest absolute Gasteiger partial charge is 0.223 e. The van der Waals surface area contributed by atoms with Gasteiger partial charge in [-0.05, 0) is 43.7 Å². The molecule has 0 unspecified atom stereocenters. The number of unbranched alkanes of at least 4 members (excludes halogenated alkanes) is 1. The van der Waals surface area contributed by atoms with Crippen LogP contribution in [-0.2, 0) is 9.59 Å². The molecule has 5 nitrogen and oxygen atoms in total. The van der Waals surface area contributed by atoms with Crippen LogP contribution >= 0.6 is 0 Å². The van der Waals surface area contributed by atoms with Gasteiger partial charge in [0.15, 0.2) is 0 Å². The summed E-state index contributed by atoms with van der Waals surface area (Å²) in [6.45, 7) is 0.563. The van der Waals surface area contributed by atoms with Crippen molar-refractivity contribution in [2.45, 2.75) is 25.3 Å². The van der Waals surface area contributed by atoms with Crippen molar-refractivity contribution in [2.75, 3.05) is 6.54 Å². The minimum Gasteiger partial charge on any atom is -0.465 e. The lowest BCUT2D eigenvalue weighted by Gasteiger charge is -2.07. The van der Waals surface area contributed by atoms with Crippen LogP contribution in [0.4, 0.5) is 0 Å². The fourth-order valence-electron chi connectivity index (χ4n) is 1.45. The molecular formula is C13H18N2O3. The summed E-state index contributed by atoms with van der Waals surface area (Å²) in [5, 5.41) is 0. The molecule has 0 amide bonds. The largest absolute Gasteiger partial charge is 0.465 e.